The average molecular weight is 397 g/mol. The van der Waals surface area contributed by atoms with E-state index in [4.69, 9.17) is 4.98 Å². The molecule has 1 aliphatic heterocycles. The van der Waals surface area contributed by atoms with Gasteiger partial charge in [-0.05, 0) is 74.1 Å². The zero-order valence-electron chi connectivity index (χ0n) is 18.1. The highest BCUT2D eigenvalue weighted by molar-refractivity contribution is 7.99. The van der Waals surface area contributed by atoms with Crippen molar-refractivity contribution < 1.29 is 4.79 Å². The Balaban J connectivity index is 1.50. The monoisotopic (exact) mass is 396 g/mol. The van der Waals surface area contributed by atoms with Crippen molar-refractivity contribution >= 4 is 28.6 Å². The SMILES string of the molecule is Cc1cc(C)c2nc(SCC(=O)N3C[C@]4(C)C[C@H]3CC(C)(C)C4)cc(C)c2c1. The number of rotatable bonds is 3. The van der Waals surface area contributed by atoms with Crippen LogP contribution < -0.4 is 0 Å². The van der Waals surface area contributed by atoms with Crippen LogP contribution >= 0.6 is 11.8 Å². The molecule has 0 unspecified atom stereocenters. The van der Waals surface area contributed by atoms with Gasteiger partial charge in [0.1, 0.15) is 0 Å². The van der Waals surface area contributed by atoms with Crippen LogP contribution in [0.3, 0.4) is 0 Å². The Kier molecular flexibility index (Phi) is 4.77. The van der Waals surface area contributed by atoms with Crippen LogP contribution in [0, 0.1) is 31.6 Å². The lowest BCUT2D eigenvalue weighted by atomic mass is 9.65. The number of carbonyl (C=O) groups excluding carboxylic acids is 1. The van der Waals surface area contributed by atoms with Crippen molar-refractivity contribution in [1.82, 2.24) is 9.88 Å². The van der Waals surface area contributed by atoms with Crippen LogP contribution in [0.2, 0.25) is 0 Å². The van der Waals surface area contributed by atoms with Crippen molar-refractivity contribution in [3.63, 3.8) is 0 Å². The lowest BCUT2D eigenvalue weighted by molar-refractivity contribution is -0.129. The number of hydrogen-bond acceptors (Lipinski definition) is 3. The van der Waals surface area contributed by atoms with Gasteiger partial charge in [0, 0.05) is 18.0 Å². The first kappa shape index (κ1) is 19.8. The van der Waals surface area contributed by atoms with E-state index in [0.29, 0.717) is 22.6 Å². The summed E-state index contributed by atoms with van der Waals surface area (Å²) in [5.74, 6) is 0.757. The molecule has 1 aromatic heterocycles. The van der Waals surface area contributed by atoms with Crippen LogP contribution in [-0.2, 0) is 4.79 Å². The molecule has 0 N–H and O–H groups in total. The summed E-state index contributed by atoms with van der Waals surface area (Å²) >= 11 is 1.59. The quantitative estimate of drug-likeness (QED) is 0.626. The third-order valence-electron chi connectivity index (χ3n) is 6.51. The van der Waals surface area contributed by atoms with Gasteiger partial charge < -0.3 is 4.90 Å². The number of fused-ring (bicyclic) bond motifs is 3. The number of nitrogens with zero attached hydrogens (tertiary/aromatic N) is 2. The molecule has 3 nitrogen and oxygen atoms in total. The summed E-state index contributed by atoms with van der Waals surface area (Å²) in [5, 5.41) is 2.18. The fourth-order valence-corrected chi connectivity index (χ4v) is 6.71. The largest absolute Gasteiger partial charge is 0.338 e. The standard InChI is InChI=1S/C24H32N2OS/c1-15-7-17(3)22-19(8-15)16(2)9-20(25-22)28-12-21(27)26-14-24(6)11-18(26)10-23(4,5)13-24/h7-9,18H,10-14H2,1-6H3/t18-,24-/m1/s1. The molecule has 150 valence electrons. The molecule has 2 fully saturated rings. The second-order valence-electron chi connectivity index (χ2n) is 10.3. The molecule has 2 aromatic rings. The number of benzene rings is 1. The Bertz CT molecular complexity index is 951. The van der Waals surface area contributed by atoms with Gasteiger partial charge in [0.15, 0.2) is 0 Å². The first-order valence-electron chi connectivity index (χ1n) is 10.4. The van der Waals surface area contributed by atoms with E-state index in [0.717, 1.165) is 23.5 Å². The molecule has 1 aromatic carbocycles. The number of amides is 1. The first-order valence-corrected chi connectivity index (χ1v) is 11.3. The first-order chi connectivity index (χ1) is 13.1. The second-order valence-corrected chi connectivity index (χ2v) is 11.3. The zero-order chi connectivity index (χ0) is 20.3. The Labute approximate surface area is 173 Å². The van der Waals surface area contributed by atoms with Crippen molar-refractivity contribution in [2.75, 3.05) is 12.3 Å². The Morgan fingerprint density at radius 3 is 2.64 bits per heavy atom. The topological polar surface area (TPSA) is 33.2 Å². The van der Waals surface area contributed by atoms with Gasteiger partial charge in [0.05, 0.1) is 16.3 Å². The lowest BCUT2D eigenvalue weighted by Gasteiger charge is -2.39. The fourth-order valence-electron chi connectivity index (χ4n) is 5.86. The molecular formula is C24H32N2OS. The summed E-state index contributed by atoms with van der Waals surface area (Å²) in [4.78, 5) is 20.1. The summed E-state index contributed by atoms with van der Waals surface area (Å²) < 4.78 is 0. The molecule has 1 aliphatic carbocycles. The number of pyridine rings is 1. The van der Waals surface area contributed by atoms with E-state index in [1.54, 1.807) is 11.8 Å². The maximum Gasteiger partial charge on any atom is 0.233 e. The lowest BCUT2D eigenvalue weighted by Crippen LogP contribution is -2.38. The molecule has 2 bridgehead atoms. The normalized spacial score (nSPS) is 26.1. The fraction of sp³-hybridized carbons (Fsp3) is 0.583. The minimum Gasteiger partial charge on any atom is -0.338 e. The Morgan fingerprint density at radius 1 is 1.14 bits per heavy atom. The number of hydrogen-bond donors (Lipinski definition) is 0. The molecule has 28 heavy (non-hydrogen) atoms. The van der Waals surface area contributed by atoms with Crippen LogP contribution in [0.25, 0.3) is 10.9 Å². The molecule has 1 saturated carbocycles. The van der Waals surface area contributed by atoms with E-state index in [1.165, 1.54) is 34.9 Å². The van der Waals surface area contributed by atoms with Gasteiger partial charge in [-0.15, -0.1) is 0 Å². The van der Waals surface area contributed by atoms with E-state index in [1.807, 2.05) is 0 Å². The van der Waals surface area contributed by atoms with Gasteiger partial charge in [-0.1, -0.05) is 44.2 Å². The van der Waals surface area contributed by atoms with Gasteiger partial charge >= 0.3 is 0 Å². The molecule has 1 amide bonds. The summed E-state index contributed by atoms with van der Waals surface area (Å²) in [6.07, 6.45) is 3.52. The third-order valence-corrected chi connectivity index (χ3v) is 7.41. The van der Waals surface area contributed by atoms with Crippen molar-refractivity contribution in [3.8, 4) is 0 Å². The number of likely N-dealkylation sites (tertiary alicyclic amines) is 1. The van der Waals surface area contributed by atoms with Crippen molar-refractivity contribution in [2.24, 2.45) is 10.8 Å². The van der Waals surface area contributed by atoms with Crippen molar-refractivity contribution in [2.45, 2.75) is 71.9 Å². The van der Waals surface area contributed by atoms with Crippen LogP contribution in [0.4, 0.5) is 0 Å². The van der Waals surface area contributed by atoms with Gasteiger partial charge in [0.25, 0.3) is 0 Å². The third kappa shape index (κ3) is 3.68. The highest BCUT2D eigenvalue weighted by Crippen LogP contribution is 2.52. The smallest absolute Gasteiger partial charge is 0.233 e. The van der Waals surface area contributed by atoms with Crippen LogP contribution in [0.5, 0.6) is 0 Å². The number of carbonyl (C=O) groups is 1. The van der Waals surface area contributed by atoms with E-state index in [9.17, 15) is 4.79 Å². The van der Waals surface area contributed by atoms with Crippen molar-refractivity contribution in [3.05, 3.63) is 34.9 Å². The number of thioether (sulfide) groups is 1. The summed E-state index contributed by atoms with van der Waals surface area (Å²) in [6.45, 7) is 14.4. The number of aromatic nitrogens is 1. The van der Waals surface area contributed by atoms with Gasteiger partial charge in [0.2, 0.25) is 5.91 Å². The predicted octanol–water partition coefficient (Wildman–Crippen LogP) is 5.68. The molecule has 2 heterocycles. The van der Waals surface area contributed by atoms with Crippen LogP contribution in [-0.4, -0.2) is 34.1 Å². The van der Waals surface area contributed by atoms with Crippen LogP contribution in [0.15, 0.2) is 23.2 Å². The van der Waals surface area contributed by atoms with E-state index >= 15 is 0 Å². The van der Waals surface area contributed by atoms with Crippen molar-refractivity contribution in [1.29, 1.82) is 0 Å². The Morgan fingerprint density at radius 2 is 1.89 bits per heavy atom. The molecular weight excluding hydrogens is 364 g/mol. The van der Waals surface area contributed by atoms with Crippen LogP contribution in [0.1, 0.15) is 56.7 Å². The minimum atomic E-state index is 0.275. The molecule has 0 spiro atoms. The second kappa shape index (κ2) is 6.76. The highest BCUT2D eigenvalue weighted by Gasteiger charge is 2.50. The number of aryl methyl sites for hydroxylation is 3. The van der Waals surface area contributed by atoms with E-state index < -0.39 is 0 Å². The van der Waals surface area contributed by atoms with Gasteiger partial charge in [-0.3, -0.25) is 4.79 Å². The molecule has 2 atom stereocenters. The van der Waals surface area contributed by atoms with Gasteiger partial charge in [-0.2, -0.15) is 0 Å². The Hall–Kier alpha value is -1.55. The van der Waals surface area contributed by atoms with Gasteiger partial charge in [-0.25, -0.2) is 4.98 Å². The summed E-state index contributed by atoms with van der Waals surface area (Å²) in [6, 6.07) is 6.93. The van der Waals surface area contributed by atoms with E-state index in [2.05, 4.69) is 64.6 Å². The zero-order valence-corrected chi connectivity index (χ0v) is 18.9. The molecule has 2 aliphatic rings. The molecule has 4 heteroatoms. The average Bonchev–Trinajstić information content (AvgIpc) is 2.82. The maximum absolute atomic E-state index is 13.1. The van der Waals surface area contributed by atoms with E-state index in [-0.39, 0.29) is 5.91 Å². The molecule has 1 saturated heterocycles. The highest BCUT2D eigenvalue weighted by atomic mass is 32.2. The summed E-state index contributed by atoms with van der Waals surface area (Å²) in [7, 11) is 0. The maximum atomic E-state index is 13.1. The predicted molar refractivity (Wildman–Crippen MR) is 118 cm³/mol. The summed E-state index contributed by atoms with van der Waals surface area (Å²) in [5.41, 5.74) is 5.40. The molecule has 0 radical (unpaired) electrons. The minimum absolute atomic E-state index is 0.275. The molecule has 4 rings (SSSR count).